The van der Waals surface area contributed by atoms with Crippen molar-refractivity contribution in [3.05, 3.63) is 0 Å². The van der Waals surface area contributed by atoms with Gasteiger partial charge in [0, 0.05) is 33.6 Å². The first-order valence-corrected chi connectivity index (χ1v) is 1.00. The van der Waals surface area contributed by atoms with Crippen LogP contribution in [0.1, 0.15) is 0 Å². The van der Waals surface area contributed by atoms with E-state index in [1.807, 2.05) is 9.12 Å². The van der Waals surface area contributed by atoms with E-state index in [9.17, 15) is 0 Å². The van der Waals surface area contributed by atoms with Gasteiger partial charge in [0.1, 0.15) is 0 Å². The van der Waals surface area contributed by atoms with Crippen LogP contribution in [-0.4, -0.2) is 7.57 Å². The molecule has 0 spiro atoms. The summed E-state index contributed by atoms with van der Waals surface area (Å²) < 4.78 is 0. The van der Waals surface area contributed by atoms with Gasteiger partial charge in [0.25, 0.3) is 0 Å². The molecule has 1 atom stereocenters. The summed E-state index contributed by atoms with van der Waals surface area (Å²) in [4.78, 5) is 0. The molecular formula is H2BMnNiP. The Balaban J connectivity index is -0.00000000500. The van der Waals surface area contributed by atoms with Crippen molar-refractivity contribution in [3.8, 4) is 0 Å². The standard InChI is InChI=1S/BH2P.Mn.Ni/c1-2;;/h2H2;;. The minimum atomic E-state index is 0. The smallest absolute Gasteiger partial charge is 0.0996 e. The third kappa shape index (κ3) is 9.70. The van der Waals surface area contributed by atoms with E-state index in [2.05, 4.69) is 7.57 Å². The molecule has 0 aromatic heterocycles. The van der Waals surface area contributed by atoms with Crippen LogP contribution in [0, 0.1) is 0 Å². The third-order valence-corrected chi connectivity index (χ3v) is 0. The summed E-state index contributed by atoms with van der Waals surface area (Å²) in [6.45, 7) is 0. The Labute approximate surface area is 50.5 Å². The first-order valence-electron chi connectivity index (χ1n) is 0.333. The monoisotopic (exact) mass is 157 g/mol. The van der Waals surface area contributed by atoms with Crippen LogP contribution >= 0.6 is 9.12 Å². The quantitative estimate of drug-likeness (QED) is 0.341. The van der Waals surface area contributed by atoms with Crippen molar-refractivity contribution < 1.29 is 33.6 Å². The van der Waals surface area contributed by atoms with Crippen molar-refractivity contribution in [2.75, 3.05) is 0 Å². The fraction of sp³-hybridized carbons (Fsp3) is 0. The summed E-state index contributed by atoms with van der Waals surface area (Å²) in [5.74, 6) is 0. The van der Waals surface area contributed by atoms with Crippen LogP contribution < -0.4 is 0 Å². The van der Waals surface area contributed by atoms with E-state index in [1.165, 1.54) is 0 Å². The molecule has 0 aliphatic carbocycles. The maximum atomic E-state index is 4.42. The minimum absolute atomic E-state index is 0. The largest absolute Gasteiger partial charge is 0.187 e. The van der Waals surface area contributed by atoms with Crippen molar-refractivity contribution in [2.24, 2.45) is 0 Å². The summed E-state index contributed by atoms with van der Waals surface area (Å²) in [6, 6.07) is 0. The summed E-state index contributed by atoms with van der Waals surface area (Å²) in [7, 11) is 6.33. The average molecular weight is 157 g/mol. The van der Waals surface area contributed by atoms with Crippen molar-refractivity contribution in [1.29, 1.82) is 0 Å². The van der Waals surface area contributed by atoms with Gasteiger partial charge in [0.05, 0.1) is 7.57 Å². The molecule has 0 heterocycles. The fourth-order valence-electron chi connectivity index (χ4n) is 0. The first-order chi connectivity index (χ1) is 1.00. The second-order valence-corrected chi connectivity index (χ2v) is 0. The zero-order valence-corrected chi connectivity index (χ0v) is 5.17. The second-order valence-electron chi connectivity index (χ2n) is 0. The Kier molecular flexibility index (Phi) is 109. The van der Waals surface area contributed by atoms with Crippen LogP contribution in [-0.2, 0) is 33.6 Å². The Morgan fingerprint density at radius 1 is 1.25 bits per heavy atom. The zero-order chi connectivity index (χ0) is 2.00. The molecule has 1 unspecified atom stereocenters. The fourth-order valence-corrected chi connectivity index (χ4v) is 0. The van der Waals surface area contributed by atoms with Gasteiger partial charge in [0.2, 0.25) is 0 Å². The molecule has 0 aliphatic rings. The van der Waals surface area contributed by atoms with Gasteiger partial charge in [-0.05, 0) is 0 Å². The third-order valence-electron chi connectivity index (χ3n) is 0. The molecule has 0 bridgehead atoms. The van der Waals surface area contributed by atoms with Crippen LogP contribution in [0.4, 0.5) is 0 Å². The molecule has 0 saturated carbocycles. The Hall–Kier alpha value is 1.51. The first kappa shape index (κ1) is 17.8. The number of hydrogen-bond acceptors (Lipinski definition) is 0. The van der Waals surface area contributed by atoms with Crippen molar-refractivity contribution in [3.63, 3.8) is 0 Å². The zero-order valence-electron chi connectivity index (χ0n) is 1.85. The molecule has 27 valence electrons. The second kappa shape index (κ2) is 24.4. The van der Waals surface area contributed by atoms with Crippen LogP contribution in [0.3, 0.4) is 0 Å². The molecule has 3 radical (unpaired) electrons. The van der Waals surface area contributed by atoms with E-state index < -0.39 is 0 Å². The average Bonchev–Trinajstić information content (AvgIpc) is 1.00. The van der Waals surface area contributed by atoms with Crippen LogP contribution in [0.2, 0.25) is 0 Å². The van der Waals surface area contributed by atoms with Crippen LogP contribution in [0.5, 0.6) is 0 Å². The van der Waals surface area contributed by atoms with E-state index in [4.69, 9.17) is 0 Å². The van der Waals surface area contributed by atoms with Gasteiger partial charge >= 0.3 is 0 Å². The molecule has 0 aromatic carbocycles. The van der Waals surface area contributed by atoms with E-state index in [0.29, 0.717) is 0 Å². The Morgan fingerprint density at radius 2 is 1.25 bits per heavy atom. The van der Waals surface area contributed by atoms with Crippen molar-refractivity contribution in [2.45, 2.75) is 0 Å². The molecular weight excluding hydrogens is 155 g/mol. The molecule has 4 heteroatoms. The van der Waals surface area contributed by atoms with Gasteiger partial charge in [-0.25, -0.2) is 0 Å². The van der Waals surface area contributed by atoms with Gasteiger partial charge in [-0.2, -0.15) is 9.12 Å². The van der Waals surface area contributed by atoms with Crippen LogP contribution in [0.25, 0.3) is 0 Å². The molecule has 4 heavy (non-hydrogen) atoms. The summed E-state index contributed by atoms with van der Waals surface area (Å²) >= 11 is 0. The maximum absolute atomic E-state index is 4.42. The SMILES string of the molecule is [B]P.[Mn].[Ni]. The minimum Gasteiger partial charge on any atom is -0.187 e. The van der Waals surface area contributed by atoms with E-state index in [1.54, 1.807) is 0 Å². The molecule has 0 aromatic rings. The van der Waals surface area contributed by atoms with Gasteiger partial charge in [-0.15, -0.1) is 0 Å². The molecule has 0 amide bonds. The Bertz CT molecular complexity index is 8.00. The molecule has 0 N–H and O–H groups in total. The van der Waals surface area contributed by atoms with Gasteiger partial charge in [0.15, 0.2) is 0 Å². The molecule has 0 rings (SSSR count). The number of hydrogen-bond donors (Lipinski definition) is 0. The van der Waals surface area contributed by atoms with Gasteiger partial charge in [-0.3, -0.25) is 0 Å². The summed E-state index contributed by atoms with van der Waals surface area (Å²) in [5, 5.41) is 0. The molecule has 0 fully saturated rings. The number of rotatable bonds is 0. The summed E-state index contributed by atoms with van der Waals surface area (Å²) in [5.41, 5.74) is 0. The van der Waals surface area contributed by atoms with Crippen molar-refractivity contribution >= 4 is 16.7 Å². The normalized spacial score (nSPS) is 1.25. The van der Waals surface area contributed by atoms with E-state index in [0.717, 1.165) is 0 Å². The Morgan fingerprint density at radius 3 is 1.25 bits per heavy atom. The van der Waals surface area contributed by atoms with E-state index in [-0.39, 0.29) is 33.6 Å². The van der Waals surface area contributed by atoms with Crippen molar-refractivity contribution in [1.82, 2.24) is 0 Å². The molecule has 0 saturated heterocycles. The predicted molar refractivity (Wildman–Crippen MR) is 15.5 cm³/mol. The molecule has 0 nitrogen and oxygen atoms in total. The van der Waals surface area contributed by atoms with Crippen LogP contribution in [0.15, 0.2) is 0 Å². The van der Waals surface area contributed by atoms with Gasteiger partial charge < -0.3 is 0 Å². The van der Waals surface area contributed by atoms with Gasteiger partial charge in [-0.1, -0.05) is 0 Å². The van der Waals surface area contributed by atoms with E-state index >= 15 is 0 Å². The molecule has 0 aliphatic heterocycles. The summed E-state index contributed by atoms with van der Waals surface area (Å²) in [6.07, 6.45) is 0. The predicted octanol–water partition coefficient (Wildman–Crippen LogP) is -0.0600. The topological polar surface area (TPSA) is 0 Å². The maximum Gasteiger partial charge on any atom is 0.0996 e.